The summed E-state index contributed by atoms with van der Waals surface area (Å²) in [4.78, 5) is 3.88. The Hall–Kier alpha value is -1.20. The molecule has 1 aromatic heterocycles. The van der Waals surface area contributed by atoms with Crippen LogP contribution in [0, 0.1) is 19.3 Å². The van der Waals surface area contributed by atoms with Crippen LogP contribution < -0.4 is 4.74 Å². The lowest BCUT2D eigenvalue weighted by Gasteiger charge is -2.04. The van der Waals surface area contributed by atoms with Gasteiger partial charge in [0.2, 0.25) is 0 Å². The fourth-order valence-corrected chi connectivity index (χ4v) is 0.904. The maximum atomic E-state index is 5.65. The predicted octanol–water partition coefficient (Wildman–Crippen LogP) is 2.06. The van der Waals surface area contributed by atoms with Crippen molar-refractivity contribution in [3.05, 3.63) is 23.0 Å². The van der Waals surface area contributed by atoms with E-state index in [-0.39, 0.29) is 6.61 Å². The van der Waals surface area contributed by atoms with Gasteiger partial charge >= 0.3 is 0 Å². The Morgan fingerprint density at radius 3 is 3.17 bits per heavy atom. The second-order valence-corrected chi connectivity index (χ2v) is 2.65. The van der Waals surface area contributed by atoms with E-state index in [0.29, 0.717) is 10.9 Å². The lowest BCUT2D eigenvalue weighted by molar-refractivity contribution is 0.367. The molecule has 0 N–H and O–H groups in total. The summed E-state index contributed by atoms with van der Waals surface area (Å²) in [6.07, 6.45) is 6.69. The number of hydrogen-bond acceptors (Lipinski definition) is 2. The van der Waals surface area contributed by atoms with E-state index in [1.54, 1.807) is 12.3 Å². The maximum absolute atomic E-state index is 5.65. The van der Waals surface area contributed by atoms with Crippen LogP contribution in [0.2, 0.25) is 5.15 Å². The van der Waals surface area contributed by atoms with E-state index < -0.39 is 0 Å². The zero-order valence-electron chi connectivity index (χ0n) is 6.67. The van der Waals surface area contributed by atoms with Gasteiger partial charge in [0.15, 0.2) is 0 Å². The van der Waals surface area contributed by atoms with Gasteiger partial charge in [-0.1, -0.05) is 17.5 Å². The summed E-state index contributed by atoms with van der Waals surface area (Å²) < 4.78 is 5.21. The molecule has 0 saturated carbocycles. The molecule has 0 fully saturated rings. The van der Waals surface area contributed by atoms with Crippen LogP contribution in [-0.4, -0.2) is 11.6 Å². The van der Waals surface area contributed by atoms with E-state index in [4.69, 9.17) is 22.8 Å². The largest absolute Gasteiger partial charge is 0.481 e. The standard InChI is InChI=1S/C9H8ClNO/c1-3-4-12-8-5-9(10)11-6-7(8)2/h1,5-6H,4H2,2H3. The predicted molar refractivity (Wildman–Crippen MR) is 48.3 cm³/mol. The first kappa shape index (κ1) is 8.89. The summed E-state index contributed by atoms with van der Waals surface area (Å²) >= 11 is 5.65. The highest BCUT2D eigenvalue weighted by molar-refractivity contribution is 6.29. The van der Waals surface area contributed by atoms with E-state index in [1.807, 2.05) is 6.92 Å². The molecule has 0 aliphatic heterocycles. The molecule has 3 heteroatoms. The first-order valence-corrected chi connectivity index (χ1v) is 3.80. The number of rotatable bonds is 2. The minimum atomic E-state index is 0.251. The van der Waals surface area contributed by atoms with E-state index in [1.165, 1.54) is 0 Å². The molecule has 0 atom stereocenters. The third kappa shape index (κ3) is 2.14. The second kappa shape index (κ2) is 3.99. The molecule has 0 aliphatic carbocycles. The monoisotopic (exact) mass is 181 g/mol. The molecule has 0 aliphatic rings. The van der Waals surface area contributed by atoms with Crippen LogP contribution in [0.3, 0.4) is 0 Å². The van der Waals surface area contributed by atoms with Gasteiger partial charge in [0, 0.05) is 17.8 Å². The Labute approximate surface area is 76.5 Å². The summed E-state index contributed by atoms with van der Waals surface area (Å²) in [5.41, 5.74) is 0.926. The quantitative estimate of drug-likeness (QED) is 0.515. The van der Waals surface area contributed by atoms with E-state index in [2.05, 4.69) is 10.9 Å². The molecule has 12 heavy (non-hydrogen) atoms. The summed E-state index contributed by atoms with van der Waals surface area (Å²) in [7, 11) is 0. The van der Waals surface area contributed by atoms with Gasteiger partial charge < -0.3 is 4.74 Å². The number of halogens is 1. The zero-order chi connectivity index (χ0) is 8.97. The van der Waals surface area contributed by atoms with Crippen molar-refractivity contribution in [2.45, 2.75) is 6.92 Å². The fraction of sp³-hybridized carbons (Fsp3) is 0.222. The van der Waals surface area contributed by atoms with Gasteiger partial charge in [0.05, 0.1) is 0 Å². The molecule has 2 nitrogen and oxygen atoms in total. The van der Waals surface area contributed by atoms with Crippen molar-refractivity contribution >= 4 is 11.6 Å². The molecule has 0 aromatic carbocycles. The molecule has 0 amide bonds. The molecule has 0 radical (unpaired) electrons. The number of pyridine rings is 1. The lowest BCUT2D eigenvalue weighted by Crippen LogP contribution is -1.96. The van der Waals surface area contributed by atoms with Gasteiger partial charge in [-0.25, -0.2) is 4.98 Å². The highest BCUT2D eigenvalue weighted by atomic mass is 35.5. The van der Waals surface area contributed by atoms with Gasteiger partial charge in [-0.05, 0) is 6.92 Å². The SMILES string of the molecule is C#CCOc1cc(Cl)ncc1C. The Morgan fingerprint density at radius 2 is 2.50 bits per heavy atom. The highest BCUT2D eigenvalue weighted by Gasteiger charge is 1.99. The number of hydrogen-bond donors (Lipinski definition) is 0. The molecule has 62 valence electrons. The van der Waals surface area contributed by atoms with Crippen molar-refractivity contribution in [3.63, 3.8) is 0 Å². The smallest absolute Gasteiger partial charge is 0.148 e. The first-order valence-electron chi connectivity index (χ1n) is 3.42. The fourth-order valence-electron chi connectivity index (χ4n) is 0.756. The van der Waals surface area contributed by atoms with Crippen molar-refractivity contribution in [3.8, 4) is 18.1 Å². The Bertz CT molecular complexity index is 317. The average molecular weight is 182 g/mol. The van der Waals surface area contributed by atoms with E-state index >= 15 is 0 Å². The van der Waals surface area contributed by atoms with Gasteiger partial charge in [0.25, 0.3) is 0 Å². The number of nitrogens with zero attached hydrogens (tertiary/aromatic N) is 1. The molecule has 0 spiro atoms. The van der Waals surface area contributed by atoms with Gasteiger partial charge in [-0.2, -0.15) is 0 Å². The normalized spacial score (nSPS) is 9.08. The van der Waals surface area contributed by atoms with Crippen molar-refractivity contribution in [2.75, 3.05) is 6.61 Å². The Morgan fingerprint density at radius 1 is 1.75 bits per heavy atom. The molecule has 0 saturated heterocycles. The first-order chi connectivity index (χ1) is 5.74. The summed E-state index contributed by atoms with van der Waals surface area (Å²) in [6.45, 7) is 2.14. The second-order valence-electron chi connectivity index (χ2n) is 2.27. The maximum Gasteiger partial charge on any atom is 0.148 e. The molecule has 0 unspecified atom stereocenters. The zero-order valence-corrected chi connectivity index (χ0v) is 7.43. The number of terminal acetylenes is 1. The lowest BCUT2D eigenvalue weighted by atomic mass is 10.3. The van der Waals surface area contributed by atoms with Crippen LogP contribution >= 0.6 is 11.6 Å². The third-order valence-electron chi connectivity index (χ3n) is 1.33. The molecule has 0 bridgehead atoms. The van der Waals surface area contributed by atoms with Crippen molar-refractivity contribution < 1.29 is 4.74 Å². The van der Waals surface area contributed by atoms with Crippen molar-refractivity contribution in [2.24, 2.45) is 0 Å². The number of ether oxygens (including phenoxy) is 1. The molecule has 1 heterocycles. The van der Waals surface area contributed by atoms with Crippen LogP contribution in [0.5, 0.6) is 5.75 Å². The van der Waals surface area contributed by atoms with Crippen LogP contribution in [0.1, 0.15) is 5.56 Å². The molecule has 1 aromatic rings. The van der Waals surface area contributed by atoms with Gasteiger partial charge in [-0.15, -0.1) is 6.42 Å². The highest BCUT2D eigenvalue weighted by Crippen LogP contribution is 2.19. The Kier molecular flexibility index (Phi) is 2.95. The average Bonchev–Trinajstić information content (AvgIpc) is 2.07. The van der Waals surface area contributed by atoms with Crippen LogP contribution in [0.15, 0.2) is 12.3 Å². The Balaban J connectivity index is 2.84. The molecule has 1 rings (SSSR count). The minimum Gasteiger partial charge on any atom is -0.481 e. The minimum absolute atomic E-state index is 0.251. The number of aryl methyl sites for hydroxylation is 1. The van der Waals surface area contributed by atoms with Crippen LogP contribution in [0.25, 0.3) is 0 Å². The van der Waals surface area contributed by atoms with Crippen molar-refractivity contribution in [1.29, 1.82) is 0 Å². The molecular formula is C9H8ClNO. The molecular weight excluding hydrogens is 174 g/mol. The third-order valence-corrected chi connectivity index (χ3v) is 1.54. The number of aromatic nitrogens is 1. The van der Waals surface area contributed by atoms with E-state index in [9.17, 15) is 0 Å². The summed E-state index contributed by atoms with van der Waals surface area (Å²) in [5, 5.41) is 0.410. The van der Waals surface area contributed by atoms with E-state index in [0.717, 1.165) is 5.56 Å². The van der Waals surface area contributed by atoms with Crippen LogP contribution in [0.4, 0.5) is 0 Å². The van der Waals surface area contributed by atoms with Crippen LogP contribution in [-0.2, 0) is 0 Å². The summed E-state index contributed by atoms with van der Waals surface area (Å²) in [6, 6.07) is 1.65. The topological polar surface area (TPSA) is 22.1 Å². The van der Waals surface area contributed by atoms with Crippen molar-refractivity contribution in [1.82, 2.24) is 4.98 Å². The van der Waals surface area contributed by atoms with Gasteiger partial charge in [-0.3, -0.25) is 0 Å². The van der Waals surface area contributed by atoms with Gasteiger partial charge in [0.1, 0.15) is 17.5 Å². The summed E-state index contributed by atoms with van der Waals surface area (Å²) in [5.74, 6) is 3.07.